The number of carbonyl (C=O) groups excluding carboxylic acids is 1. The Morgan fingerprint density at radius 2 is 1.71 bits per heavy atom. The van der Waals surface area contributed by atoms with E-state index in [4.69, 9.17) is 5.11 Å². The van der Waals surface area contributed by atoms with E-state index in [0.717, 1.165) is 28.8 Å². The van der Waals surface area contributed by atoms with Gasteiger partial charge in [0.25, 0.3) is 0 Å². The summed E-state index contributed by atoms with van der Waals surface area (Å²) in [5.41, 5.74) is 1.49. The normalized spacial score (nSPS) is 12.7. The number of hydrogen-bond donors (Lipinski definition) is 2. The standard InChI is InChI=1S/C11H11NO.C5H5NO2/c13-11(10-7-4-8-12-10)9-5-2-1-3-6-9;7-5(8)6-3-1-2-4-6/h1-3,5-7,12H,4,8H2;1-4H,(H,7,8). The van der Waals surface area contributed by atoms with Crippen LogP contribution in [-0.4, -0.2) is 28.1 Å². The molecule has 1 aromatic heterocycles. The minimum absolute atomic E-state index is 0.0955. The maximum Gasteiger partial charge on any atom is 0.415 e. The Balaban J connectivity index is 0.000000173. The molecule has 0 bridgehead atoms. The van der Waals surface area contributed by atoms with Crippen LogP contribution >= 0.6 is 0 Å². The number of aromatic nitrogens is 1. The lowest BCUT2D eigenvalue weighted by molar-refractivity contribution is 0.102. The molecule has 0 fully saturated rings. The first kappa shape index (κ1) is 14.6. The van der Waals surface area contributed by atoms with Crippen LogP contribution in [0.5, 0.6) is 0 Å². The molecule has 0 saturated heterocycles. The van der Waals surface area contributed by atoms with Crippen LogP contribution in [-0.2, 0) is 0 Å². The number of benzene rings is 1. The molecule has 5 heteroatoms. The zero-order valence-electron chi connectivity index (χ0n) is 11.4. The highest BCUT2D eigenvalue weighted by atomic mass is 16.4. The summed E-state index contributed by atoms with van der Waals surface area (Å²) in [5.74, 6) is 0.0955. The van der Waals surface area contributed by atoms with E-state index in [2.05, 4.69) is 5.32 Å². The third-order valence-electron chi connectivity index (χ3n) is 2.91. The van der Waals surface area contributed by atoms with Gasteiger partial charge in [-0.15, -0.1) is 0 Å². The van der Waals surface area contributed by atoms with Crippen molar-refractivity contribution in [1.82, 2.24) is 9.88 Å². The second-order valence-corrected chi connectivity index (χ2v) is 4.40. The van der Waals surface area contributed by atoms with Crippen molar-refractivity contribution in [2.45, 2.75) is 6.42 Å². The molecule has 0 spiro atoms. The molecule has 2 N–H and O–H groups in total. The van der Waals surface area contributed by atoms with Crippen LogP contribution < -0.4 is 5.32 Å². The van der Waals surface area contributed by atoms with Crippen LogP contribution in [0.15, 0.2) is 66.6 Å². The van der Waals surface area contributed by atoms with Crippen molar-refractivity contribution >= 4 is 11.9 Å². The van der Waals surface area contributed by atoms with Gasteiger partial charge >= 0.3 is 6.09 Å². The van der Waals surface area contributed by atoms with Crippen LogP contribution in [0.2, 0.25) is 0 Å². The van der Waals surface area contributed by atoms with Crippen molar-refractivity contribution in [2.75, 3.05) is 6.54 Å². The number of nitrogens with one attached hydrogen (secondary N) is 1. The maximum atomic E-state index is 11.7. The van der Waals surface area contributed by atoms with E-state index in [9.17, 15) is 9.59 Å². The van der Waals surface area contributed by atoms with Gasteiger partial charge in [-0.3, -0.25) is 9.36 Å². The number of hydrogen-bond acceptors (Lipinski definition) is 3. The lowest BCUT2D eigenvalue weighted by atomic mass is 10.1. The number of carboxylic acid groups (broad SMARTS) is 1. The maximum absolute atomic E-state index is 11.7. The summed E-state index contributed by atoms with van der Waals surface area (Å²) >= 11 is 0. The monoisotopic (exact) mass is 284 g/mol. The van der Waals surface area contributed by atoms with Crippen molar-refractivity contribution in [1.29, 1.82) is 0 Å². The fourth-order valence-electron chi connectivity index (χ4n) is 1.88. The van der Waals surface area contributed by atoms with Gasteiger partial charge in [0.05, 0.1) is 5.70 Å². The summed E-state index contributed by atoms with van der Waals surface area (Å²) in [4.78, 5) is 21.7. The molecule has 2 aromatic rings. The van der Waals surface area contributed by atoms with Gasteiger partial charge in [0, 0.05) is 24.5 Å². The van der Waals surface area contributed by atoms with Crippen LogP contribution in [0.4, 0.5) is 4.79 Å². The van der Waals surface area contributed by atoms with E-state index in [1.165, 1.54) is 12.4 Å². The molecule has 0 unspecified atom stereocenters. The fourth-order valence-corrected chi connectivity index (χ4v) is 1.88. The molecule has 1 aliphatic rings. The molecular formula is C16H16N2O3. The zero-order valence-corrected chi connectivity index (χ0v) is 11.4. The number of nitrogens with zero attached hydrogens (tertiary/aromatic N) is 1. The highest BCUT2D eigenvalue weighted by Crippen LogP contribution is 2.09. The van der Waals surface area contributed by atoms with Gasteiger partial charge in [-0.05, 0) is 18.6 Å². The van der Waals surface area contributed by atoms with Crippen LogP contribution in [0.25, 0.3) is 0 Å². The Morgan fingerprint density at radius 1 is 1.05 bits per heavy atom. The van der Waals surface area contributed by atoms with Crippen LogP contribution in [0.1, 0.15) is 16.8 Å². The molecule has 2 heterocycles. The third kappa shape index (κ3) is 4.07. The molecule has 0 atom stereocenters. The predicted octanol–water partition coefficient (Wildman–Crippen LogP) is 2.76. The van der Waals surface area contributed by atoms with Crippen LogP contribution in [0.3, 0.4) is 0 Å². The number of rotatable bonds is 2. The highest BCUT2D eigenvalue weighted by molar-refractivity contribution is 6.08. The zero-order chi connectivity index (χ0) is 15.1. The quantitative estimate of drug-likeness (QED) is 0.832. The summed E-state index contributed by atoms with van der Waals surface area (Å²) in [7, 11) is 0. The van der Waals surface area contributed by atoms with E-state index in [1.807, 2.05) is 36.4 Å². The van der Waals surface area contributed by atoms with Crippen molar-refractivity contribution in [3.8, 4) is 0 Å². The highest BCUT2D eigenvalue weighted by Gasteiger charge is 2.13. The first-order valence-corrected chi connectivity index (χ1v) is 6.58. The van der Waals surface area contributed by atoms with Gasteiger partial charge in [-0.1, -0.05) is 36.4 Å². The lowest BCUT2D eigenvalue weighted by Gasteiger charge is -2.02. The lowest BCUT2D eigenvalue weighted by Crippen LogP contribution is -2.15. The third-order valence-corrected chi connectivity index (χ3v) is 2.91. The molecule has 3 rings (SSSR count). The van der Waals surface area contributed by atoms with Gasteiger partial charge in [-0.2, -0.15) is 0 Å². The Hall–Kier alpha value is -2.82. The average molecular weight is 284 g/mol. The Bertz CT molecular complexity index is 631. The minimum atomic E-state index is -0.949. The number of ketones is 1. The molecule has 108 valence electrons. The van der Waals surface area contributed by atoms with E-state index >= 15 is 0 Å². The molecule has 0 aliphatic carbocycles. The first-order valence-electron chi connectivity index (χ1n) is 6.58. The Labute approximate surface area is 122 Å². The molecule has 1 aliphatic heterocycles. The summed E-state index contributed by atoms with van der Waals surface area (Å²) in [6.07, 6.45) is 4.91. The van der Waals surface area contributed by atoms with Crippen molar-refractivity contribution in [2.24, 2.45) is 0 Å². The minimum Gasteiger partial charge on any atom is -0.464 e. The van der Waals surface area contributed by atoms with E-state index in [1.54, 1.807) is 12.1 Å². The van der Waals surface area contributed by atoms with E-state index < -0.39 is 6.09 Å². The van der Waals surface area contributed by atoms with Gasteiger partial charge in [0.1, 0.15) is 0 Å². The molecule has 1 aromatic carbocycles. The largest absolute Gasteiger partial charge is 0.464 e. The Kier molecular flexibility index (Phi) is 4.93. The number of allylic oxidation sites excluding steroid dienone is 1. The molecular weight excluding hydrogens is 268 g/mol. The second-order valence-electron chi connectivity index (χ2n) is 4.40. The van der Waals surface area contributed by atoms with Crippen LogP contribution in [0, 0.1) is 0 Å². The van der Waals surface area contributed by atoms with Gasteiger partial charge in [-0.25, -0.2) is 4.79 Å². The summed E-state index contributed by atoms with van der Waals surface area (Å²) in [5, 5.41) is 11.3. The van der Waals surface area contributed by atoms with Gasteiger partial charge in [0.2, 0.25) is 5.78 Å². The summed E-state index contributed by atoms with van der Waals surface area (Å²) < 4.78 is 1.08. The molecule has 0 radical (unpaired) electrons. The molecule has 5 nitrogen and oxygen atoms in total. The molecule has 21 heavy (non-hydrogen) atoms. The van der Waals surface area contributed by atoms with Gasteiger partial charge < -0.3 is 10.4 Å². The molecule has 0 saturated carbocycles. The Morgan fingerprint density at radius 3 is 2.19 bits per heavy atom. The number of Topliss-reactive ketones (excluding diaryl/α,β-unsaturated/α-hetero) is 1. The van der Waals surface area contributed by atoms with Crippen molar-refractivity contribution < 1.29 is 14.7 Å². The van der Waals surface area contributed by atoms with E-state index in [0.29, 0.717) is 0 Å². The smallest absolute Gasteiger partial charge is 0.415 e. The topological polar surface area (TPSA) is 71.3 Å². The fraction of sp³-hybridized carbons (Fsp3) is 0.125. The second kappa shape index (κ2) is 7.09. The van der Waals surface area contributed by atoms with E-state index in [-0.39, 0.29) is 5.78 Å². The average Bonchev–Trinajstić information content (AvgIpc) is 3.21. The van der Waals surface area contributed by atoms with Crippen molar-refractivity contribution in [3.63, 3.8) is 0 Å². The predicted molar refractivity (Wildman–Crippen MR) is 79.3 cm³/mol. The van der Waals surface area contributed by atoms with Crippen molar-refractivity contribution in [3.05, 3.63) is 72.2 Å². The SMILES string of the molecule is O=C(C1=CCCN1)c1ccccc1.O=C(O)n1cccc1. The first-order chi connectivity index (χ1) is 10.2. The summed E-state index contributed by atoms with van der Waals surface area (Å²) in [6, 6.07) is 12.7. The molecule has 0 amide bonds. The van der Waals surface area contributed by atoms with Gasteiger partial charge in [0.15, 0.2) is 0 Å². The number of carbonyl (C=O) groups is 2. The summed E-state index contributed by atoms with van der Waals surface area (Å²) in [6.45, 7) is 0.883.